The fourth-order valence-corrected chi connectivity index (χ4v) is 4.21. The van der Waals surface area contributed by atoms with Crippen LogP contribution in [0.4, 0.5) is 0 Å². The number of aromatic amines is 1. The first-order valence-corrected chi connectivity index (χ1v) is 9.10. The first-order chi connectivity index (χ1) is 12.7. The molecule has 2 aliphatic rings. The van der Waals surface area contributed by atoms with Gasteiger partial charge in [-0.3, -0.25) is 30.4 Å². The summed E-state index contributed by atoms with van der Waals surface area (Å²) in [5, 5.41) is 6.30. The summed E-state index contributed by atoms with van der Waals surface area (Å²) in [6.45, 7) is 0.946. The monoisotopic (exact) mass is 353 g/mol. The smallest absolute Gasteiger partial charge is 0.287 e. The molecule has 2 unspecified atom stereocenters. The third-order valence-corrected chi connectivity index (χ3v) is 5.51. The Kier molecular flexibility index (Phi) is 4.71. The van der Waals surface area contributed by atoms with E-state index in [0.29, 0.717) is 17.8 Å². The highest BCUT2D eigenvalue weighted by Gasteiger charge is 2.42. The molecule has 7 heteroatoms. The molecular weight excluding hydrogens is 330 g/mol. The van der Waals surface area contributed by atoms with Crippen molar-refractivity contribution in [1.82, 2.24) is 25.9 Å². The Labute approximate surface area is 152 Å². The molecule has 0 aliphatic carbocycles. The topological polar surface area (TPSA) is 90.1 Å². The molecule has 1 aromatic carbocycles. The van der Waals surface area contributed by atoms with Crippen LogP contribution in [0.15, 0.2) is 42.6 Å². The molecule has 4 rings (SSSR count). The molecule has 2 saturated heterocycles. The fraction of sp³-hybridized carbons (Fsp3) is 0.421. The minimum Gasteiger partial charge on any atom is -0.293 e. The van der Waals surface area contributed by atoms with Crippen LogP contribution in [-0.2, 0) is 11.3 Å². The second-order valence-electron chi connectivity index (χ2n) is 7.12. The maximum atomic E-state index is 12.5. The molecule has 0 radical (unpaired) electrons. The van der Waals surface area contributed by atoms with Gasteiger partial charge >= 0.3 is 0 Å². The second kappa shape index (κ2) is 7.29. The number of hydrogen-bond donors (Lipinski definition) is 3. The number of fused-ring (bicyclic) bond motifs is 2. The first kappa shape index (κ1) is 16.8. The van der Waals surface area contributed by atoms with Crippen LogP contribution in [0.1, 0.15) is 41.7 Å². The number of H-pyrrole nitrogens is 1. The first-order valence-electron chi connectivity index (χ1n) is 9.10. The van der Waals surface area contributed by atoms with Crippen molar-refractivity contribution in [1.29, 1.82) is 0 Å². The van der Waals surface area contributed by atoms with E-state index in [1.807, 2.05) is 6.07 Å². The molecule has 0 spiro atoms. The number of nitrogens with one attached hydrogen (secondary N) is 3. The highest BCUT2D eigenvalue weighted by atomic mass is 16.2. The largest absolute Gasteiger partial charge is 0.293 e. The molecule has 7 nitrogen and oxygen atoms in total. The molecule has 2 aliphatic heterocycles. The quantitative estimate of drug-likeness (QED) is 0.729. The zero-order valence-corrected chi connectivity index (χ0v) is 14.5. The summed E-state index contributed by atoms with van der Waals surface area (Å²) in [7, 11) is 0. The van der Waals surface area contributed by atoms with Gasteiger partial charge in [-0.25, -0.2) is 0 Å². The number of aromatic nitrogens is 2. The number of nitrogens with zero attached hydrogens (tertiary/aromatic N) is 2. The van der Waals surface area contributed by atoms with Crippen molar-refractivity contribution in [2.45, 2.75) is 44.3 Å². The van der Waals surface area contributed by atoms with Gasteiger partial charge in [-0.1, -0.05) is 30.3 Å². The Morgan fingerprint density at radius 1 is 1.08 bits per heavy atom. The average Bonchev–Trinajstić information content (AvgIpc) is 3.27. The molecule has 0 saturated carbocycles. The molecule has 3 heterocycles. The van der Waals surface area contributed by atoms with Crippen LogP contribution >= 0.6 is 0 Å². The van der Waals surface area contributed by atoms with E-state index in [9.17, 15) is 9.59 Å². The Bertz CT molecular complexity index is 748. The van der Waals surface area contributed by atoms with Crippen LogP contribution in [0.2, 0.25) is 0 Å². The predicted molar refractivity (Wildman–Crippen MR) is 95.7 cm³/mol. The zero-order valence-electron chi connectivity index (χ0n) is 14.5. The molecule has 2 bridgehead atoms. The van der Waals surface area contributed by atoms with Gasteiger partial charge in [0.1, 0.15) is 5.69 Å². The van der Waals surface area contributed by atoms with Crippen LogP contribution < -0.4 is 10.9 Å². The standard InChI is InChI=1S/C19H23N5O2/c25-18(22-23-19(26)17-8-9-20-21-17)14-10-15-6-7-16(11-14)24(15)12-13-4-2-1-3-5-13/h1-5,8-9,14-16H,6-7,10-12H2,(H,20,21)(H,22,25)(H,23,26). The van der Waals surface area contributed by atoms with Gasteiger partial charge in [-0.2, -0.15) is 5.10 Å². The van der Waals surface area contributed by atoms with Gasteiger partial charge in [0, 0.05) is 30.7 Å². The number of piperidine rings is 1. The van der Waals surface area contributed by atoms with Gasteiger partial charge in [0.05, 0.1) is 0 Å². The Morgan fingerprint density at radius 3 is 2.46 bits per heavy atom. The predicted octanol–water partition coefficient (Wildman–Crippen LogP) is 1.61. The van der Waals surface area contributed by atoms with Gasteiger partial charge in [-0.05, 0) is 37.3 Å². The van der Waals surface area contributed by atoms with Crippen LogP contribution in [0.3, 0.4) is 0 Å². The van der Waals surface area contributed by atoms with Crippen molar-refractivity contribution in [3.8, 4) is 0 Å². The van der Waals surface area contributed by atoms with E-state index in [1.54, 1.807) is 6.07 Å². The van der Waals surface area contributed by atoms with E-state index in [0.717, 1.165) is 32.2 Å². The number of benzene rings is 1. The number of rotatable bonds is 4. The third-order valence-electron chi connectivity index (χ3n) is 5.51. The minimum atomic E-state index is -0.389. The lowest BCUT2D eigenvalue weighted by Gasteiger charge is -2.38. The number of carbonyl (C=O) groups is 2. The van der Waals surface area contributed by atoms with Crippen molar-refractivity contribution in [3.05, 3.63) is 53.9 Å². The lowest BCUT2D eigenvalue weighted by molar-refractivity contribution is -0.128. The molecule has 1 aromatic heterocycles. The van der Waals surface area contributed by atoms with E-state index >= 15 is 0 Å². The molecule has 3 N–H and O–H groups in total. The Hall–Kier alpha value is -2.67. The summed E-state index contributed by atoms with van der Waals surface area (Å²) in [5.74, 6) is -0.545. The number of amides is 2. The summed E-state index contributed by atoms with van der Waals surface area (Å²) in [4.78, 5) is 26.9. The van der Waals surface area contributed by atoms with Crippen molar-refractivity contribution >= 4 is 11.8 Å². The van der Waals surface area contributed by atoms with Gasteiger partial charge in [0.15, 0.2) is 0 Å². The van der Waals surface area contributed by atoms with E-state index in [1.165, 1.54) is 11.8 Å². The molecular formula is C19H23N5O2. The second-order valence-corrected chi connectivity index (χ2v) is 7.12. The molecule has 136 valence electrons. The normalized spacial score (nSPS) is 25.0. The van der Waals surface area contributed by atoms with Gasteiger partial charge < -0.3 is 0 Å². The van der Waals surface area contributed by atoms with Crippen LogP contribution in [0.25, 0.3) is 0 Å². The molecule has 2 atom stereocenters. The fourth-order valence-electron chi connectivity index (χ4n) is 4.21. The summed E-state index contributed by atoms with van der Waals surface area (Å²) >= 11 is 0. The maximum Gasteiger partial charge on any atom is 0.287 e. The lowest BCUT2D eigenvalue weighted by Crippen LogP contribution is -2.50. The van der Waals surface area contributed by atoms with Crippen LogP contribution in [-0.4, -0.2) is 39.0 Å². The van der Waals surface area contributed by atoms with E-state index in [2.05, 4.69) is 50.2 Å². The zero-order chi connectivity index (χ0) is 17.9. The highest BCUT2D eigenvalue weighted by molar-refractivity contribution is 5.93. The van der Waals surface area contributed by atoms with Crippen molar-refractivity contribution < 1.29 is 9.59 Å². The third kappa shape index (κ3) is 3.48. The van der Waals surface area contributed by atoms with Gasteiger partial charge in [-0.15, -0.1) is 0 Å². The number of hydrogen-bond acceptors (Lipinski definition) is 4. The maximum absolute atomic E-state index is 12.5. The molecule has 2 amide bonds. The highest BCUT2D eigenvalue weighted by Crippen LogP contribution is 2.39. The van der Waals surface area contributed by atoms with Gasteiger partial charge in [0.2, 0.25) is 5.91 Å². The Balaban J connectivity index is 1.32. The summed E-state index contributed by atoms with van der Waals surface area (Å²) in [6.07, 6.45) is 5.46. The molecule has 26 heavy (non-hydrogen) atoms. The van der Waals surface area contributed by atoms with Gasteiger partial charge in [0.25, 0.3) is 5.91 Å². The van der Waals surface area contributed by atoms with Crippen molar-refractivity contribution in [2.75, 3.05) is 0 Å². The summed E-state index contributed by atoms with van der Waals surface area (Å²) in [6, 6.07) is 12.9. The minimum absolute atomic E-state index is 0.0541. The SMILES string of the molecule is O=C(NNC(=O)C1CC2CCC(C1)N2Cc1ccccc1)c1ccn[nH]1. The van der Waals surface area contributed by atoms with Crippen molar-refractivity contribution in [3.63, 3.8) is 0 Å². The lowest BCUT2D eigenvalue weighted by atomic mass is 9.89. The van der Waals surface area contributed by atoms with E-state index in [4.69, 9.17) is 0 Å². The van der Waals surface area contributed by atoms with E-state index < -0.39 is 0 Å². The number of hydrazine groups is 1. The summed E-state index contributed by atoms with van der Waals surface area (Å²) in [5.41, 5.74) is 6.67. The van der Waals surface area contributed by atoms with Crippen LogP contribution in [0, 0.1) is 5.92 Å². The molecule has 2 fully saturated rings. The number of carbonyl (C=O) groups excluding carboxylic acids is 2. The Morgan fingerprint density at radius 2 is 1.81 bits per heavy atom. The summed E-state index contributed by atoms with van der Waals surface area (Å²) < 4.78 is 0. The van der Waals surface area contributed by atoms with Crippen molar-refractivity contribution in [2.24, 2.45) is 5.92 Å². The van der Waals surface area contributed by atoms with Crippen LogP contribution in [0.5, 0.6) is 0 Å². The average molecular weight is 353 g/mol. The van der Waals surface area contributed by atoms with E-state index in [-0.39, 0.29) is 17.7 Å². The molecule has 2 aromatic rings.